The molecule has 0 aliphatic carbocycles. The lowest BCUT2D eigenvalue weighted by Gasteiger charge is -2.20. The topological polar surface area (TPSA) is 43.8 Å². The van der Waals surface area contributed by atoms with E-state index in [1.54, 1.807) is 12.1 Å². The number of hydrogen-bond acceptors (Lipinski definition) is 3. The Bertz CT molecular complexity index is 535. The molecule has 1 aromatic rings. The van der Waals surface area contributed by atoms with Crippen molar-refractivity contribution in [1.29, 1.82) is 0 Å². The maximum atomic E-state index is 12.4. The molecule has 0 aromatic heterocycles. The van der Waals surface area contributed by atoms with Crippen molar-refractivity contribution < 1.29 is 9.90 Å². The summed E-state index contributed by atoms with van der Waals surface area (Å²) < 4.78 is 0. The lowest BCUT2D eigenvalue weighted by Crippen LogP contribution is -2.35. The van der Waals surface area contributed by atoms with E-state index in [9.17, 15) is 9.90 Å². The summed E-state index contributed by atoms with van der Waals surface area (Å²) in [6.45, 7) is 2.86. The Morgan fingerprint density at radius 1 is 1.45 bits per heavy atom. The van der Waals surface area contributed by atoms with Gasteiger partial charge >= 0.3 is 0 Å². The van der Waals surface area contributed by atoms with Crippen LogP contribution in [-0.2, 0) is 11.2 Å². The van der Waals surface area contributed by atoms with Crippen LogP contribution in [0.1, 0.15) is 12.0 Å². The molecule has 2 aliphatic heterocycles. The first-order chi connectivity index (χ1) is 9.54. The van der Waals surface area contributed by atoms with Gasteiger partial charge in [0.25, 0.3) is 0 Å². The van der Waals surface area contributed by atoms with Crippen molar-refractivity contribution >= 4 is 17.5 Å². The highest BCUT2D eigenvalue weighted by atomic mass is 35.5. The average molecular weight is 295 g/mol. The highest BCUT2D eigenvalue weighted by molar-refractivity contribution is 6.32. The first kappa shape index (κ1) is 13.7. The number of aromatic hydroxyl groups is 1. The van der Waals surface area contributed by atoms with Crippen LogP contribution in [0.2, 0.25) is 5.02 Å². The van der Waals surface area contributed by atoms with E-state index in [0.717, 1.165) is 25.2 Å². The van der Waals surface area contributed by atoms with Crippen molar-refractivity contribution in [2.45, 2.75) is 18.9 Å². The number of amides is 1. The van der Waals surface area contributed by atoms with Gasteiger partial charge in [0.05, 0.1) is 11.4 Å². The third-order valence-corrected chi connectivity index (χ3v) is 4.85. The largest absolute Gasteiger partial charge is 0.506 e. The van der Waals surface area contributed by atoms with Crippen LogP contribution in [0.25, 0.3) is 0 Å². The van der Waals surface area contributed by atoms with Crippen LogP contribution in [-0.4, -0.2) is 53.5 Å². The summed E-state index contributed by atoms with van der Waals surface area (Å²) in [5.74, 6) is 0.835. The number of likely N-dealkylation sites (N-methyl/N-ethyl adjacent to an activating group) is 1. The smallest absolute Gasteiger partial charge is 0.227 e. The van der Waals surface area contributed by atoms with E-state index in [1.807, 2.05) is 4.90 Å². The number of phenolic OH excluding ortho intramolecular Hbond substituents is 1. The fourth-order valence-electron chi connectivity index (χ4n) is 3.32. The van der Waals surface area contributed by atoms with E-state index in [0.29, 0.717) is 23.4 Å². The minimum atomic E-state index is 0.0557. The van der Waals surface area contributed by atoms with Gasteiger partial charge in [0, 0.05) is 19.1 Å². The lowest BCUT2D eigenvalue weighted by molar-refractivity contribution is -0.129. The fraction of sp³-hybridized carbons (Fsp3) is 0.533. The molecule has 0 saturated carbocycles. The molecule has 2 saturated heterocycles. The van der Waals surface area contributed by atoms with Gasteiger partial charge in [-0.3, -0.25) is 4.79 Å². The zero-order valence-corrected chi connectivity index (χ0v) is 12.3. The molecule has 108 valence electrons. The summed E-state index contributed by atoms with van der Waals surface area (Å²) in [6, 6.07) is 5.49. The lowest BCUT2D eigenvalue weighted by atomic mass is 10.1. The van der Waals surface area contributed by atoms with E-state index in [1.165, 1.54) is 12.5 Å². The summed E-state index contributed by atoms with van der Waals surface area (Å²) >= 11 is 5.87. The molecular weight excluding hydrogens is 276 g/mol. The molecule has 2 aliphatic rings. The second kappa shape index (κ2) is 5.26. The average Bonchev–Trinajstić information content (AvgIpc) is 2.97. The minimum absolute atomic E-state index is 0.0557. The van der Waals surface area contributed by atoms with E-state index < -0.39 is 0 Å². The van der Waals surface area contributed by atoms with Crippen molar-refractivity contribution in [3.63, 3.8) is 0 Å². The maximum absolute atomic E-state index is 12.4. The van der Waals surface area contributed by atoms with Crippen LogP contribution in [0.4, 0.5) is 0 Å². The zero-order chi connectivity index (χ0) is 14.3. The monoisotopic (exact) mass is 294 g/mol. The van der Waals surface area contributed by atoms with Gasteiger partial charge in [-0.2, -0.15) is 0 Å². The predicted octanol–water partition coefficient (Wildman–Crippen LogP) is 1.75. The highest BCUT2D eigenvalue weighted by Crippen LogP contribution is 2.31. The number of hydrogen-bond donors (Lipinski definition) is 1. The Hall–Kier alpha value is -1.26. The molecule has 2 fully saturated rings. The molecule has 5 heteroatoms. The van der Waals surface area contributed by atoms with Gasteiger partial charge in [-0.25, -0.2) is 0 Å². The van der Waals surface area contributed by atoms with Gasteiger partial charge in [-0.1, -0.05) is 17.7 Å². The Kier molecular flexibility index (Phi) is 3.61. The third-order valence-electron chi connectivity index (χ3n) is 4.55. The van der Waals surface area contributed by atoms with E-state index in [4.69, 9.17) is 11.6 Å². The fourth-order valence-corrected chi connectivity index (χ4v) is 3.53. The van der Waals surface area contributed by atoms with Gasteiger partial charge < -0.3 is 14.9 Å². The van der Waals surface area contributed by atoms with E-state index in [2.05, 4.69) is 11.9 Å². The molecule has 0 radical (unpaired) electrons. The third kappa shape index (κ3) is 2.50. The molecule has 0 bridgehead atoms. The van der Waals surface area contributed by atoms with Crippen molar-refractivity contribution in [1.82, 2.24) is 9.80 Å². The van der Waals surface area contributed by atoms with Crippen LogP contribution >= 0.6 is 11.6 Å². The van der Waals surface area contributed by atoms with Crippen LogP contribution in [0, 0.1) is 5.92 Å². The molecule has 1 N–H and O–H groups in total. The van der Waals surface area contributed by atoms with Crippen molar-refractivity contribution in [3.05, 3.63) is 28.8 Å². The summed E-state index contributed by atoms with van der Waals surface area (Å²) in [6.07, 6.45) is 1.54. The molecule has 0 spiro atoms. The maximum Gasteiger partial charge on any atom is 0.227 e. The first-order valence-corrected chi connectivity index (χ1v) is 7.38. The van der Waals surface area contributed by atoms with Crippen LogP contribution in [0.15, 0.2) is 18.2 Å². The zero-order valence-electron chi connectivity index (χ0n) is 11.6. The van der Waals surface area contributed by atoms with Crippen molar-refractivity contribution in [2.24, 2.45) is 5.92 Å². The summed E-state index contributed by atoms with van der Waals surface area (Å²) in [5, 5.41) is 9.69. The summed E-state index contributed by atoms with van der Waals surface area (Å²) in [4.78, 5) is 16.7. The Morgan fingerprint density at radius 3 is 2.95 bits per heavy atom. The number of carbonyl (C=O) groups is 1. The molecule has 4 nitrogen and oxygen atoms in total. The molecular formula is C15H19ClN2O2. The molecule has 20 heavy (non-hydrogen) atoms. The Morgan fingerprint density at radius 2 is 2.25 bits per heavy atom. The number of nitrogens with zero attached hydrogens (tertiary/aromatic N) is 2. The van der Waals surface area contributed by atoms with Crippen LogP contribution in [0.3, 0.4) is 0 Å². The highest BCUT2D eigenvalue weighted by Gasteiger charge is 2.40. The summed E-state index contributed by atoms with van der Waals surface area (Å²) in [7, 11) is 2.14. The van der Waals surface area contributed by atoms with E-state index in [-0.39, 0.29) is 11.7 Å². The standard InChI is InChI=1S/C15H19ClN2O2/c1-17-5-4-11-8-18(9-13(11)17)15(20)7-10-2-3-14(19)12(16)6-10/h2-3,6,11,13,19H,4-5,7-9H2,1H3. The quantitative estimate of drug-likeness (QED) is 0.904. The number of benzene rings is 1. The first-order valence-electron chi connectivity index (χ1n) is 7.00. The predicted molar refractivity (Wildman–Crippen MR) is 77.9 cm³/mol. The Balaban J connectivity index is 1.64. The number of phenols is 1. The van der Waals surface area contributed by atoms with Crippen LogP contribution < -0.4 is 0 Å². The number of fused-ring (bicyclic) bond motifs is 1. The molecule has 2 heterocycles. The number of halogens is 1. The SMILES string of the molecule is CN1CCC2CN(C(=O)Cc3ccc(O)c(Cl)c3)CC21. The van der Waals surface area contributed by atoms with Crippen molar-refractivity contribution in [3.8, 4) is 5.75 Å². The normalized spacial score (nSPS) is 26.0. The number of likely N-dealkylation sites (tertiary alicyclic amines) is 2. The molecule has 3 rings (SSSR count). The summed E-state index contributed by atoms with van der Waals surface area (Å²) in [5.41, 5.74) is 0.850. The molecule has 2 unspecified atom stereocenters. The second-order valence-corrected chi connectivity index (χ2v) is 6.27. The van der Waals surface area contributed by atoms with Gasteiger partial charge in [-0.05, 0) is 43.6 Å². The Labute approximate surface area is 123 Å². The molecule has 1 aromatic carbocycles. The molecule has 1 amide bonds. The van der Waals surface area contributed by atoms with Gasteiger partial charge in [-0.15, -0.1) is 0 Å². The number of rotatable bonds is 2. The number of carbonyl (C=O) groups excluding carboxylic acids is 1. The minimum Gasteiger partial charge on any atom is -0.506 e. The van der Waals surface area contributed by atoms with Crippen LogP contribution in [0.5, 0.6) is 5.75 Å². The van der Waals surface area contributed by atoms with Crippen molar-refractivity contribution in [2.75, 3.05) is 26.7 Å². The van der Waals surface area contributed by atoms with Gasteiger partial charge in [0.2, 0.25) is 5.91 Å². The van der Waals surface area contributed by atoms with Gasteiger partial charge in [0.15, 0.2) is 0 Å². The van der Waals surface area contributed by atoms with E-state index >= 15 is 0 Å². The molecule has 2 atom stereocenters. The second-order valence-electron chi connectivity index (χ2n) is 5.86. The van der Waals surface area contributed by atoms with Gasteiger partial charge in [0.1, 0.15) is 5.75 Å².